The summed E-state index contributed by atoms with van der Waals surface area (Å²) in [5.74, 6) is 0.0193. The van der Waals surface area contributed by atoms with Crippen molar-refractivity contribution in [2.24, 2.45) is 0 Å². The monoisotopic (exact) mass is 408 g/mol. The summed E-state index contributed by atoms with van der Waals surface area (Å²) in [4.78, 5) is 11.7. The highest BCUT2D eigenvalue weighted by atomic mass is 35.5. The molecule has 1 aliphatic rings. The smallest absolute Gasteiger partial charge is 0.152 e. The SMILES string of the molecule is CC(=O)/C=C/C1=C(c2ccccc2)C(=C/c2ccccc2)/C=C1c1ccc(Cl)cc1. The molecule has 2 heteroatoms. The Morgan fingerprint density at radius 1 is 0.800 bits per heavy atom. The van der Waals surface area contributed by atoms with Crippen LogP contribution in [-0.2, 0) is 4.79 Å². The van der Waals surface area contributed by atoms with Crippen LogP contribution in [0, 0.1) is 0 Å². The molecule has 0 fully saturated rings. The average Bonchev–Trinajstić information content (AvgIpc) is 3.12. The van der Waals surface area contributed by atoms with E-state index >= 15 is 0 Å². The van der Waals surface area contributed by atoms with E-state index in [2.05, 4.69) is 36.4 Å². The van der Waals surface area contributed by atoms with Gasteiger partial charge in [-0.25, -0.2) is 0 Å². The molecule has 1 nitrogen and oxygen atoms in total. The lowest BCUT2D eigenvalue weighted by molar-refractivity contribution is -0.112. The second-order valence-electron chi connectivity index (χ2n) is 7.17. The molecule has 0 radical (unpaired) electrons. The molecule has 0 unspecified atom stereocenters. The van der Waals surface area contributed by atoms with Gasteiger partial charge in [0.2, 0.25) is 0 Å². The Hall–Kier alpha value is -3.42. The molecular weight excluding hydrogens is 388 g/mol. The Bertz CT molecular complexity index is 1180. The van der Waals surface area contributed by atoms with E-state index in [4.69, 9.17) is 11.6 Å². The van der Waals surface area contributed by atoms with E-state index in [1.54, 1.807) is 13.0 Å². The van der Waals surface area contributed by atoms with Gasteiger partial charge in [0.25, 0.3) is 0 Å². The van der Waals surface area contributed by atoms with Crippen molar-refractivity contribution in [3.05, 3.63) is 136 Å². The molecule has 4 rings (SSSR count). The van der Waals surface area contributed by atoms with Crippen LogP contribution < -0.4 is 0 Å². The summed E-state index contributed by atoms with van der Waals surface area (Å²) in [5, 5.41) is 0.700. The molecule has 0 bridgehead atoms. The lowest BCUT2D eigenvalue weighted by Gasteiger charge is -2.10. The summed E-state index contributed by atoms with van der Waals surface area (Å²) in [7, 11) is 0. The summed E-state index contributed by atoms with van der Waals surface area (Å²) in [5.41, 5.74) is 7.63. The van der Waals surface area contributed by atoms with E-state index in [0.29, 0.717) is 5.02 Å². The number of hydrogen-bond acceptors (Lipinski definition) is 1. The molecule has 0 amide bonds. The number of hydrogen-bond donors (Lipinski definition) is 0. The maximum absolute atomic E-state index is 11.7. The summed E-state index contributed by atoms with van der Waals surface area (Å²) in [6.45, 7) is 1.57. The van der Waals surface area contributed by atoms with Gasteiger partial charge in [0.05, 0.1) is 0 Å². The number of carbonyl (C=O) groups is 1. The minimum atomic E-state index is 0.0193. The minimum Gasteiger partial charge on any atom is -0.295 e. The maximum Gasteiger partial charge on any atom is 0.152 e. The second-order valence-corrected chi connectivity index (χ2v) is 7.61. The Morgan fingerprint density at radius 3 is 2.07 bits per heavy atom. The molecule has 30 heavy (non-hydrogen) atoms. The fourth-order valence-corrected chi connectivity index (χ4v) is 3.73. The first kappa shape index (κ1) is 19.9. The van der Waals surface area contributed by atoms with E-state index < -0.39 is 0 Å². The van der Waals surface area contributed by atoms with E-state index in [1.807, 2.05) is 66.7 Å². The lowest BCUT2D eigenvalue weighted by atomic mass is 9.93. The van der Waals surface area contributed by atoms with Gasteiger partial charge in [-0.1, -0.05) is 90.5 Å². The number of rotatable bonds is 5. The van der Waals surface area contributed by atoms with Gasteiger partial charge >= 0.3 is 0 Å². The zero-order valence-electron chi connectivity index (χ0n) is 16.7. The number of benzene rings is 3. The highest BCUT2D eigenvalue weighted by Gasteiger charge is 2.22. The molecule has 0 atom stereocenters. The highest BCUT2D eigenvalue weighted by Crippen LogP contribution is 2.43. The summed E-state index contributed by atoms with van der Waals surface area (Å²) < 4.78 is 0. The van der Waals surface area contributed by atoms with Gasteiger partial charge in [0.1, 0.15) is 0 Å². The van der Waals surface area contributed by atoms with Crippen molar-refractivity contribution in [2.45, 2.75) is 6.92 Å². The van der Waals surface area contributed by atoms with Gasteiger partial charge in [-0.2, -0.15) is 0 Å². The average molecular weight is 409 g/mol. The van der Waals surface area contributed by atoms with Crippen molar-refractivity contribution in [1.29, 1.82) is 0 Å². The van der Waals surface area contributed by atoms with Crippen LogP contribution in [0.25, 0.3) is 17.2 Å². The lowest BCUT2D eigenvalue weighted by Crippen LogP contribution is -1.91. The van der Waals surface area contributed by atoms with Crippen LogP contribution in [0.5, 0.6) is 0 Å². The molecule has 146 valence electrons. The van der Waals surface area contributed by atoms with E-state index in [1.165, 1.54) is 0 Å². The molecule has 3 aromatic carbocycles. The molecule has 1 aliphatic carbocycles. The fourth-order valence-electron chi connectivity index (χ4n) is 3.61. The molecule has 0 saturated heterocycles. The Morgan fingerprint density at radius 2 is 1.43 bits per heavy atom. The van der Waals surface area contributed by atoms with Crippen molar-refractivity contribution in [1.82, 2.24) is 0 Å². The molecule has 0 aliphatic heterocycles. The van der Waals surface area contributed by atoms with Gasteiger partial charge in [-0.15, -0.1) is 0 Å². The van der Waals surface area contributed by atoms with Crippen LogP contribution in [-0.4, -0.2) is 5.78 Å². The first-order chi connectivity index (χ1) is 14.6. The first-order valence-electron chi connectivity index (χ1n) is 9.85. The standard InChI is InChI=1S/C28H21ClO/c1-20(30)12-17-26-27(22-13-15-25(29)16-14-22)19-24(18-21-8-4-2-5-9-21)28(26)23-10-6-3-7-11-23/h2-19H,1H3/b17-12+,24-18+. The summed E-state index contributed by atoms with van der Waals surface area (Å²) >= 11 is 6.12. The number of ketones is 1. The topological polar surface area (TPSA) is 17.1 Å². The number of halogens is 1. The van der Waals surface area contributed by atoms with Gasteiger partial charge in [0, 0.05) is 5.02 Å². The van der Waals surface area contributed by atoms with Gasteiger partial charge in [0.15, 0.2) is 5.78 Å². The number of allylic oxidation sites excluding steroid dienone is 7. The molecule has 0 heterocycles. The van der Waals surface area contributed by atoms with Crippen LogP contribution in [0.15, 0.2) is 114 Å². The maximum atomic E-state index is 11.7. The van der Waals surface area contributed by atoms with Crippen LogP contribution in [0.1, 0.15) is 23.6 Å². The van der Waals surface area contributed by atoms with E-state index in [-0.39, 0.29) is 5.78 Å². The minimum absolute atomic E-state index is 0.0193. The predicted molar refractivity (Wildman–Crippen MR) is 127 cm³/mol. The summed E-state index contributed by atoms with van der Waals surface area (Å²) in [6.07, 6.45) is 7.94. The van der Waals surface area contributed by atoms with Crippen molar-refractivity contribution < 1.29 is 4.79 Å². The van der Waals surface area contributed by atoms with Crippen LogP contribution >= 0.6 is 11.6 Å². The second kappa shape index (κ2) is 8.94. The first-order valence-corrected chi connectivity index (χ1v) is 10.2. The summed E-state index contributed by atoms with van der Waals surface area (Å²) in [6, 6.07) is 28.4. The van der Waals surface area contributed by atoms with Gasteiger partial charge in [-0.3, -0.25) is 4.79 Å². The molecule has 0 saturated carbocycles. The fraction of sp³-hybridized carbons (Fsp3) is 0.0357. The van der Waals surface area contributed by atoms with Crippen molar-refractivity contribution in [3.8, 4) is 0 Å². The largest absolute Gasteiger partial charge is 0.295 e. The Labute approximate surface area is 182 Å². The van der Waals surface area contributed by atoms with Crippen LogP contribution in [0.4, 0.5) is 0 Å². The Kier molecular flexibility index (Phi) is 5.92. The third-order valence-corrected chi connectivity index (χ3v) is 5.22. The quantitative estimate of drug-likeness (QED) is 0.401. The Balaban J connectivity index is 1.96. The van der Waals surface area contributed by atoms with Gasteiger partial charge in [-0.05, 0) is 76.3 Å². The molecule has 3 aromatic rings. The van der Waals surface area contributed by atoms with Crippen molar-refractivity contribution >= 4 is 34.6 Å². The zero-order chi connectivity index (χ0) is 20.9. The molecule has 0 spiro atoms. The normalized spacial score (nSPS) is 15.1. The van der Waals surface area contributed by atoms with Crippen molar-refractivity contribution in [2.75, 3.05) is 0 Å². The zero-order valence-corrected chi connectivity index (χ0v) is 17.4. The number of carbonyl (C=O) groups excluding carboxylic acids is 1. The van der Waals surface area contributed by atoms with Crippen LogP contribution in [0.3, 0.4) is 0 Å². The van der Waals surface area contributed by atoms with Gasteiger partial charge < -0.3 is 0 Å². The molecule has 0 N–H and O–H groups in total. The van der Waals surface area contributed by atoms with E-state index in [9.17, 15) is 4.79 Å². The van der Waals surface area contributed by atoms with Crippen molar-refractivity contribution in [3.63, 3.8) is 0 Å². The van der Waals surface area contributed by atoms with E-state index in [0.717, 1.165) is 39.0 Å². The third kappa shape index (κ3) is 4.42. The molecular formula is C28H21ClO. The van der Waals surface area contributed by atoms with Crippen LogP contribution in [0.2, 0.25) is 5.02 Å². The third-order valence-electron chi connectivity index (χ3n) is 4.97. The predicted octanol–water partition coefficient (Wildman–Crippen LogP) is 7.42. The highest BCUT2D eigenvalue weighted by molar-refractivity contribution is 6.30. The molecule has 0 aromatic heterocycles.